The van der Waals surface area contributed by atoms with E-state index in [2.05, 4.69) is 71.2 Å². The summed E-state index contributed by atoms with van der Waals surface area (Å²) in [6.07, 6.45) is 0. The minimum atomic E-state index is -1.71. The van der Waals surface area contributed by atoms with Gasteiger partial charge in [-0.25, -0.2) is 4.79 Å². The van der Waals surface area contributed by atoms with Crippen molar-refractivity contribution in [3.05, 3.63) is 70.4 Å². The van der Waals surface area contributed by atoms with Crippen LogP contribution in [-0.2, 0) is 4.74 Å². The number of rotatable bonds is 7. The Kier molecular flexibility index (Phi) is 8.75. The van der Waals surface area contributed by atoms with Crippen LogP contribution in [0.1, 0.15) is 66.6 Å². The van der Waals surface area contributed by atoms with Gasteiger partial charge in [0.15, 0.2) is 0 Å². The summed E-state index contributed by atoms with van der Waals surface area (Å²) in [6.45, 7) is 15.7. The van der Waals surface area contributed by atoms with E-state index < -0.39 is 16.0 Å². The van der Waals surface area contributed by atoms with Crippen molar-refractivity contribution in [2.24, 2.45) is 4.63 Å². The lowest BCUT2D eigenvalue weighted by atomic mass is 9.93. The Labute approximate surface area is 194 Å². The van der Waals surface area contributed by atoms with Gasteiger partial charge in [0.25, 0.3) is 7.90 Å². The molecule has 31 heavy (non-hydrogen) atoms. The molecule has 0 heterocycles. The smallest absolute Gasteiger partial charge is 0.337 e. The molecule has 0 aliphatic carbocycles. The summed E-state index contributed by atoms with van der Waals surface area (Å²) in [7, 11) is -1.94. The van der Waals surface area contributed by atoms with Crippen molar-refractivity contribution in [2.75, 3.05) is 7.11 Å². The molecule has 0 aliphatic heterocycles. The third-order valence-corrected chi connectivity index (χ3v) is 9.13. The Hall–Kier alpha value is -1.83. The summed E-state index contributed by atoms with van der Waals surface area (Å²) in [5.74, 6) is 0.444. The van der Waals surface area contributed by atoms with E-state index in [9.17, 15) is 4.79 Å². The van der Waals surface area contributed by atoms with Crippen LogP contribution < -0.4 is 0 Å². The van der Waals surface area contributed by atoms with Crippen LogP contribution in [0.4, 0.5) is 5.69 Å². The number of methoxy groups -OCH3 is 1. The summed E-state index contributed by atoms with van der Waals surface area (Å²) in [5.41, 5.74) is 7.40. The number of hydrogen-bond donors (Lipinski definition) is 0. The number of carbonyl (C=O) groups excluding carboxylic acids is 1. The number of nitrogens with zero attached hydrogens (tertiary/aromatic N) is 1. The highest BCUT2D eigenvalue weighted by atomic mass is 35.6. The molecule has 0 fully saturated rings. The maximum Gasteiger partial charge on any atom is 0.337 e. The molecule has 6 heteroatoms. The van der Waals surface area contributed by atoms with Gasteiger partial charge < -0.3 is 4.74 Å². The molecule has 0 spiro atoms. The van der Waals surface area contributed by atoms with Gasteiger partial charge in [0.1, 0.15) is 0 Å². The molecule has 0 saturated heterocycles. The fourth-order valence-electron chi connectivity index (χ4n) is 3.54. The minimum Gasteiger partial charge on any atom is -0.465 e. The lowest BCUT2D eigenvalue weighted by Gasteiger charge is -2.22. The highest BCUT2D eigenvalue weighted by Gasteiger charge is 2.22. The Morgan fingerprint density at radius 3 is 1.87 bits per heavy atom. The summed E-state index contributed by atoms with van der Waals surface area (Å²) in [6, 6.07) is 14.1. The number of hydrogen-bond acceptors (Lipinski definition) is 3. The lowest BCUT2D eigenvalue weighted by molar-refractivity contribution is 0.0600. The SMILES string of the molecule is COC(=O)c1ccc(/C(=C/[Si](Cl)=Nc2c(C(C)C)cccc2C(C)C)[Si](C)(C)C)cc1. The molecule has 0 amide bonds. The fraction of sp³-hybridized carbons (Fsp3) is 0.400. The van der Waals surface area contributed by atoms with Crippen LogP contribution in [0.2, 0.25) is 19.6 Å². The Bertz CT molecular complexity index is 961. The molecule has 3 nitrogen and oxygen atoms in total. The predicted octanol–water partition coefficient (Wildman–Crippen LogP) is 7.85. The third kappa shape index (κ3) is 6.58. The van der Waals surface area contributed by atoms with E-state index in [0.717, 1.165) is 11.3 Å². The highest BCUT2D eigenvalue weighted by Crippen LogP contribution is 2.35. The third-order valence-electron chi connectivity index (χ3n) is 5.25. The van der Waals surface area contributed by atoms with E-state index in [1.807, 2.05) is 24.3 Å². The van der Waals surface area contributed by atoms with Crippen molar-refractivity contribution in [1.82, 2.24) is 0 Å². The van der Waals surface area contributed by atoms with E-state index >= 15 is 0 Å². The van der Waals surface area contributed by atoms with Gasteiger partial charge in [-0.15, -0.1) is 11.1 Å². The summed E-state index contributed by atoms with van der Waals surface area (Å²) >= 11 is 6.93. The van der Waals surface area contributed by atoms with Crippen molar-refractivity contribution in [1.29, 1.82) is 0 Å². The molecule has 0 radical (unpaired) electrons. The molecule has 2 aromatic rings. The Morgan fingerprint density at radius 2 is 1.45 bits per heavy atom. The van der Waals surface area contributed by atoms with Crippen molar-refractivity contribution < 1.29 is 9.53 Å². The largest absolute Gasteiger partial charge is 0.465 e. The normalized spacial score (nSPS) is 13.1. The first-order valence-electron chi connectivity index (χ1n) is 10.7. The zero-order valence-corrected chi connectivity index (χ0v) is 22.7. The zero-order valence-electron chi connectivity index (χ0n) is 19.9. The van der Waals surface area contributed by atoms with E-state index in [4.69, 9.17) is 20.4 Å². The van der Waals surface area contributed by atoms with Gasteiger partial charge >= 0.3 is 5.97 Å². The minimum absolute atomic E-state index is 0.325. The molecule has 166 valence electrons. The first-order chi connectivity index (χ1) is 14.5. The molecule has 0 aromatic heterocycles. The second kappa shape index (κ2) is 10.7. The predicted molar refractivity (Wildman–Crippen MR) is 137 cm³/mol. The van der Waals surface area contributed by atoms with Gasteiger partial charge in [-0.05, 0) is 46.4 Å². The van der Waals surface area contributed by atoms with E-state index in [-0.39, 0.29) is 5.97 Å². The maximum absolute atomic E-state index is 11.8. The van der Waals surface area contributed by atoms with Crippen molar-refractivity contribution in [3.8, 4) is 0 Å². The first-order valence-corrected chi connectivity index (χ1v) is 16.8. The van der Waals surface area contributed by atoms with Gasteiger partial charge in [0.2, 0.25) is 0 Å². The molecular formula is C25H34ClNO2Si2. The highest BCUT2D eigenvalue weighted by molar-refractivity contribution is 7.06. The second-order valence-electron chi connectivity index (χ2n) is 9.41. The topological polar surface area (TPSA) is 38.7 Å². The van der Waals surface area contributed by atoms with E-state index in [1.54, 1.807) is 0 Å². The lowest BCUT2D eigenvalue weighted by Crippen LogP contribution is -2.23. The molecule has 0 saturated carbocycles. The zero-order chi connectivity index (χ0) is 23.3. The second-order valence-corrected chi connectivity index (χ2v) is 16.8. The number of benzene rings is 2. The molecular weight excluding hydrogens is 438 g/mol. The molecule has 2 rings (SSSR count). The molecule has 0 bridgehead atoms. The quantitative estimate of drug-likeness (QED) is 0.234. The molecule has 0 atom stereocenters. The number of ether oxygens (including phenoxy) is 1. The van der Waals surface area contributed by atoms with Gasteiger partial charge in [-0.1, -0.05) is 82.9 Å². The van der Waals surface area contributed by atoms with E-state index in [0.29, 0.717) is 17.4 Å². The van der Waals surface area contributed by atoms with Crippen molar-refractivity contribution in [2.45, 2.75) is 59.2 Å². The first kappa shape index (κ1) is 25.4. The average molecular weight is 472 g/mol. The van der Waals surface area contributed by atoms with Gasteiger partial charge in [-0.3, -0.25) is 4.63 Å². The van der Waals surface area contributed by atoms with Crippen molar-refractivity contribution >= 4 is 43.9 Å². The van der Waals surface area contributed by atoms with Crippen LogP contribution >= 0.6 is 11.1 Å². The van der Waals surface area contributed by atoms with Crippen LogP contribution in [0, 0.1) is 0 Å². The van der Waals surface area contributed by atoms with Crippen LogP contribution in [0.25, 0.3) is 5.20 Å². The van der Waals surface area contributed by atoms with Gasteiger partial charge in [-0.2, -0.15) is 0 Å². The van der Waals surface area contributed by atoms with Gasteiger partial charge in [0, 0.05) is 0 Å². The Balaban J connectivity index is 2.58. The van der Waals surface area contributed by atoms with Crippen LogP contribution in [0.3, 0.4) is 0 Å². The molecule has 0 unspecified atom stereocenters. The van der Waals surface area contributed by atoms with Crippen molar-refractivity contribution in [3.63, 3.8) is 0 Å². The number of carbonyl (C=O) groups is 1. The fourth-order valence-corrected chi connectivity index (χ4v) is 8.51. The van der Waals surface area contributed by atoms with Crippen LogP contribution in [0.15, 0.2) is 52.8 Å². The molecule has 0 aliphatic rings. The van der Waals surface area contributed by atoms with E-state index in [1.165, 1.54) is 23.4 Å². The molecule has 0 N–H and O–H groups in total. The summed E-state index contributed by atoms with van der Waals surface area (Å²) in [4.78, 5) is 11.8. The summed E-state index contributed by atoms with van der Waals surface area (Å²) in [5, 5.41) is 1.27. The average Bonchev–Trinajstić information content (AvgIpc) is 2.70. The Morgan fingerprint density at radius 1 is 0.968 bits per heavy atom. The maximum atomic E-state index is 11.8. The standard InChI is InChI=1S/C25H34ClNO2Si2/c1-17(2)21-10-9-11-22(18(3)4)24(21)27-30(26)16-23(31(6,7)8)19-12-14-20(15-13-19)25(28)29-5/h9-18H,1-8H3/b23-16-,30-27?. The number of halogens is 1. The van der Waals surface area contributed by atoms with Crippen LogP contribution in [0.5, 0.6) is 0 Å². The van der Waals surface area contributed by atoms with Crippen LogP contribution in [-0.4, -0.2) is 29.1 Å². The molecule has 2 aromatic carbocycles. The number of esters is 1. The summed E-state index contributed by atoms with van der Waals surface area (Å²) < 4.78 is 9.90. The monoisotopic (exact) mass is 471 g/mol. The van der Waals surface area contributed by atoms with Gasteiger partial charge in [0.05, 0.1) is 26.4 Å².